The maximum atomic E-state index is 11.8. The molecule has 0 bridgehead atoms. The van der Waals surface area contributed by atoms with E-state index in [0.29, 0.717) is 0 Å². The number of nitrogens with zero attached hydrogens (tertiary/aromatic N) is 1. The summed E-state index contributed by atoms with van der Waals surface area (Å²) >= 11 is 1.82. The van der Waals surface area contributed by atoms with E-state index in [9.17, 15) is 4.79 Å². The summed E-state index contributed by atoms with van der Waals surface area (Å²) in [4.78, 5) is 16.8. The maximum absolute atomic E-state index is 11.8. The minimum Gasteiger partial charge on any atom is -0.274 e. The highest BCUT2D eigenvalue weighted by atomic mass is 32.2. The molecule has 17 heavy (non-hydrogen) atoms. The van der Waals surface area contributed by atoms with Gasteiger partial charge in [0.2, 0.25) is 5.91 Å². The lowest BCUT2D eigenvalue weighted by Gasteiger charge is -2.12. The monoisotopic (exact) mass is 251 g/mol. The molecule has 0 aliphatic carbocycles. The number of rotatable bonds is 5. The lowest BCUT2D eigenvalue weighted by molar-refractivity contribution is -0.169. The van der Waals surface area contributed by atoms with E-state index in [4.69, 9.17) is 4.84 Å². The normalized spacial score (nSPS) is 19.9. The second-order valence-corrected chi connectivity index (χ2v) is 5.14. The molecular formula is C13H17NO2S. The molecule has 1 aliphatic rings. The predicted octanol–water partition coefficient (Wildman–Crippen LogP) is 2.33. The molecule has 1 amide bonds. The third-order valence-electron chi connectivity index (χ3n) is 2.93. The van der Waals surface area contributed by atoms with Crippen molar-refractivity contribution >= 4 is 17.7 Å². The molecule has 1 fully saturated rings. The zero-order chi connectivity index (χ0) is 12.1. The van der Waals surface area contributed by atoms with Crippen LogP contribution < -0.4 is 0 Å². The van der Waals surface area contributed by atoms with Crippen molar-refractivity contribution in [1.29, 1.82) is 0 Å². The standard InChI is InChI=1S/C13H17NO2S/c1-16-14-8-7-12(13(14)15)10-17-9-11-5-3-2-4-6-11/h2-6,12H,7-10H2,1H3. The Hall–Kier alpha value is -1.00. The van der Waals surface area contributed by atoms with Gasteiger partial charge in [0.15, 0.2) is 0 Å². The molecule has 0 radical (unpaired) electrons. The Morgan fingerprint density at radius 2 is 2.18 bits per heavy atom. The molecule has 1 heterocycles. The van der Waals surface area contributed by atoms with E-state index in [0.717, 1.165) is 24.5 Å². The highest BCUT2D eigenvalue weighted by molar-refractivity contribution is 7.98. The third kappa shape index (κ3) is 3.23. The lowest BCUT2D eigenvalue weighted by Crippen LogP contribution is -2.26. The van der Waals surface area contributed by atoms with Gasteiger partial charge in [0, 0.05) is 18.1 Å². The quantitative estimate of drug-likeness (QED) is 0.804. The summed E-state index contributed by atoms with van der Waals surface area (Å²) in [5.74, 6) is 2.11. The van der Waals surface area contributed by atoms with Crippen LogP contribution in [0, 0.1) is 5.92 Å². The van der Waals surface area contributed by atoms with Crippen molar-refractivity contribution in [2.45, 2.75) is 12.2 Å². The van der Waals surface area contributed by atoms with Crippen molar-refractivity contribution in [3.63, 3.8) is 0 Å². The van der Waals surface area contributed by atoms with E-state index in [1.165, 1.54) is 10.6 Å². The SMILES string of the molecule is CON1CCC(CSCc2ccccc2)C1=O. The molecule has 0 aromatic heterocycles. The van der Waals surface area contributed by atoms with Gasteiger partial charge in [-0.25, -0.2) is 5.06 Å². The average Bonchev–Trinajstić information content (AvgIpc) is 2.72. The van der Waals surface area contributed by atoms with Crippen molar-refractivity contribution in [1.82, 2.24) is 5.06 Å². The third-order valence-corrected chi connectivity index (χ3v) is 4.10. The first kappa shape index (κ1) is 12.5. The molecule has 0 saturated carbocycles. The molecular weight excluding hydrogens is 234 g/mol. The minimum atomic E-state index is 0.128. The zero-order valence-electron chi connectivity index (χ0n) is 9.96. The van der Waals surface area contributed by atoms with Crippen LogP contribution >= 0.6 is 11.8 Å². The van der Waals surface area contributed by atoms with Crippen LogP contribution in [0.4, 0.5) is 0 Å². The molecule has 2 rings (SSSR count). The van der Waals surface area contributed by atoms with Crippen molar-refractivity contribution < 1.29 is 9.63 Å². The Morgan fingerprint density at radius 1 is 1.41 bits per heavy atom. The van der Waals surface area contributed by atoms with E-state index in [-0.39, 0.29) is 11.8 Å². The number of carbonyl (C=O) groups is 1. The first-order valence-electron chi connectivity index (χ1n) is 5.78. The van der Waals surface area contributed by atoms with Gasteiger partial charge in [-0.2, -0.15) is 11.8 Å². The predicted molar refractivity (Wildman–Crippen MR) is 69.4 cm³/mol. The van der Waals surface area contributed by atoms with Gasteiger partial charge >= 0.3 is 0 Å². The number of hydrogen-bond acceptors (Lipinski definition) is 3. The summed E-state index contributed by atoms with van der Waals surface area (Å²) in [5.41, 5.74) is 1.31. The molecule has 92 valence electrons. The summed E-state index contributed by atoms with van der Waals surface area (Å²) in [5, 5.41) is 1.47. The number of amides is 1. The Morgan fingerprint density at radius 3 is 2.82 bits per heavy atom. The maximum Gasteiger partial charge on any atom is 0.250 e. The molecule has 4 heteroatoms. The smallest absolute Gasteiger partial charge is 0.250 e. The van der Waals surface area contributed by atoms with Crippen LogP contribution in [0.3, 0.4) is 0 Å². The summed E-state index contributed by atoms with van der Waals surface area (Å²) in [6, 6.07) is 10.3. The van der Waals surface area contributed by atoms with Gasteiger partial charge in [0.05, 0.1) is 13.0 Å². The highest BCUT2D eigenvalue weighted by Gasteiger charge is 2.31. The lowest BCUT2D eigenvalue weighted by atomic mass is 10.1. The summed E-state index contributed by atoms with van der Waals surface area (Å²) in [6.45, 7) is 0.728. The van der Waals surface area contributed by atoms with Crippen molar-refractivity contribution in [2.24, 2.45) is 5.92 Å². The largest absolute Gasteiger partial charge is 0.274 e. The van der Waals surface area contributed by atoms with Gasteiger partial charge in [0.1, 0.15) is 0 Å². The zero-order valence-corrected chi connectivity index (χ0v) is 10.8. The van der Waals surface area contributed by atoms with Crippen LogP contribution in [0.1, 0.15) is 12.0 Å². The Kier molecular flexibility index (Phi) is 4.45. The van der Waals surface area contributed by atoms with E-state index in [1.807, 2.05) is 30.0 Å². The van der Waals surface area contributed by atoms with Crippen LogP contribution in [0.15, 0.2) is 30.3 Å². The number of benzene rings is 1. The first-order valence-corrected chi connectivity index (χ1v) is 6.94. The molecule has 0 spiro atoms. The molecule has 1 aliphatic heterocycles. The van der Waals surface area contributed by atoms with Gasteiger partial charge in [-0.15, -0.1) is 0 Å². The van der Waals surface area contributed by atoms with Gasteiger partial charge in [-0.3, -0.25) is 9.63 Å². The fraction of sp³-hybridized carbons (Fsp3) is 0.462. The molecule has 1 atom stereocenters. The van der Waals surface area contributed by atoms with E-state index in [2.05, 4.69) is 12.1 Å². The van der Waals surface area contributed by atoms with Gasteiger partial charge < -0.3 is 0 Å². The Labute approximate surface area is 106 Å². The summed E-state index contributed by atoms with van der Waals surface area (Å²) in [6.07, 6.45) is 0.911. The van der Waals surface area contributed by atoms with Crippen molar-refractivity contribution in [2.75, 3.05) is 19.4 Å². The second-order valence-electron chi connectivity index (χ2n) is 4.11. The minimum absolute atomic E-state index is 0.128. The molecule has 1 aromatic rings. The molecule has 3 nitrogen and oxygen atoms in total. The molecule has 1 unspecified atom stereocenters. The Bertz CT molecular complexity index is 369. The van der Waals surface area contributed by atoms with Gasteiger partial charge in [-0.05, 0) is 12.0 Å². The summed E-state index contributed by atoms with van der Waals surface area (Å²) < 4.78 is 0. The molecule has 1 aromatic carbocycles. The van der Waals surface area contributed by atoms with Crippen LogP contribution in [0.2, 0.25) is 0 Å². The molecule has 1 saturated heterocycles. The van der Waals surface area contributed by atoms with Gasteiger partial charge in [0.25, 0.3) is 0 Å². The highest BCUT2D eigenvalue weighted by Crippen LogP contribution is 2.24. The van der Waals surface area contributed by atoms with Gasteiger partial charge in [-0.1, -0.05) is 30.3 Å². The van der Waals surface area contributed by atoms with Crippen LogP contribution in [0.25, 0.3) is 0 Å². The van der Waals surface area contributed by atoms with E-state index < -0.39 is 0 Å². The fourth-order valence-corrected chi connectivity index (χ4v) is 3.08. The van der Waals surface area contributed by atoms with Crippen molar-refractivity contribution in [3.05, 3.63) is 35.9 Å². The van der Waals surface area contributed by atoms with Crippen LogP contribution in [0.5, 0.6) is 0 Å². The topological polar surface area (TPSA) is 29.5 Å². The Balaban J connectivity index is 1.75. The number of carbonyl (C=O) groups excluding carboxylic acids is 1. The first-order chi connectivity index (χ1) is 8.31. The number of thioether (sulfide) groups is 1. The fourth-order valence-electron chi connectivity index (χ4n) is 1.94. The molecule has 0 N–H and O–H groups in total. The number of hydrogen-bond donors (Lipinski definition) is 0. The van der Waals surface area contributed by atoms with Crippen molar-refractivity contribution in [3.8, 4) is 0 Å². The number of hydroxylamine groups is 2. The second kappa shape index (κ2) is 6.07. The van der Waals surface area contributed by atoms with E-state index in [1.54, 1.807) is 7.11 Å². The van der Waals surface area contributed by atoms with E-state index >= 15 is 0 Å². The van der Waals surface area contributed by atoms with Crippen LogP contribution in [-0.4, -0.2) is 30.4 Å². The average molecular weight is 251 g/mol. The van der Waals surface area contributed by atoms with Crippen LogP contribution in [-0.2, 0) is 15.4 Å². The summed E-state index contributed by atoms with van der Waals surface area (Å²) in [7, 11) is 1.55.